The van der Waals surface area contributed by atoms with Crippen molar-refractivity contribution >= 4 is 0 Å². The lowest BCUT2D eigenvalue weighted by molar-refractivity contribution is -0.0798. The highest BCUT2D eigenvalue weighted by Gasteiger charge is 2.30. The molecule has 0 N–H and O–H groups in total. The van der Waals surface area contributed by atoms with Gasteiger partial charge in [0.15, 0.2) is 0 Å². The fourth-order valence-electron chi connectivity index (χ4n) is 2.26. The van der Waals surface area contributed by atoms with Gasteiger partial charge in [-0.3, -0.25) is 4.90 Å². The molecule has 0 amide bonds. The second kappa shape index (κ2) is 5.71. The topological polar surface area (TPSA) is 12.5 Å². The van der Waals surface area contributed by atoms with Crippen LogP contribution in [0, 0.1) is 10.8 Å². The van der Waals surface area contributed by atoms with E-state index in [1.165, 1.54) is 19.4 Å². The average molecular weight is 241 g/mol. The Morgan fingerprint density at radius 1 is 1.12 bits per heavy atom. The van der Waals surface area contributed by atoms with Crippen molar-refractivity contribution in [1.82, 2.24) is 4.90 Å². The molecule has 102 valence electrons. The van der Waals surface area contributed by atoms with Crippen LogP contribution in [0.4, 0.5) is 0 Å². The van der Waals surface area contributed by atoms with Crippen LogP contribution >= 0.6 is 0 Å². The molecular formula is C15H31NO. The van der Waals surface area contributed by atoms with E-state index in [-0.39, 0.29) is 5.41 Å². The van der Waals surface area contributed by atoms with E-state index in [1.54, 1.807) is 0 Å². The van der Waals surface area contributed by atoms with Crippen molar-refractivity contribution in [3.63, 3.8) is 0 Å². The summed E-state index contributed by atoms with van der Waals surface area (Å²) in [6, 6.07) is 0. The molecule has 1 fully saturated rings. The van der Waals surface area contributed by atoms with Crippen LogP contribution in [0.1, 0.15) is 54.4 Å². The molecule has 0 aromatic heterocycles. The standard InChI is InChI=1S/C15H31NO/c1-14(2,3)8-7-9-16-10-11-17-13(12-16)15(4,5)6/h13H,7-12H2,1-6H3. The number of morpholine rings is 1. The summed E-state index contributed by atoms with van der Waals surface area (Å²) >= 11 is 0. The van der Waals surface area contributed by atoms with Gasteiger partial charge in [-0.25, -0.2) is 0 Å². The molecule has 1 saturated heterocycles. The summed E-state index contributed by atoms with van der Waals surface area (Å²) in [4.78, 5) is 2.57. The molecular weight excluding hydrogens is 210 g/mol. The third-order valence-corrected chi connectivity index (χ3v) is 3.52. The minimum Gasteiger partial charge on any atom is -0.375 e. The van der Waals surface area contributed by atoms with E-state index in [0.717, 1.165) is 19.7 Å². The monoisotopic (exact) mass is 241 g/mol. The highest BCUT2D eigenvalue weighted by Crippen LogP contribution is 2.26. The smallest absolute Gasteiger partial charge is 0.0750 e. The zero-order chi connectivity index (χ0) is 13.1. The highest BCUT2D eigenvalue weighted by molar-refractivity contribution is 4.81. The Balaban J connectivity index is 2.30. The van der Waals surface area contributed by atoms with Crippen LogP contribution in [0.15, 0.2) is 0 Å². The van der Waals surface area contributed by atoms with Crippen LogP contribution in [-0.2, 0) is 4.74 Å². The van der Waals surface area contributed by atoms with Gasteiger partial charge in [-0.2, -0.15) is 0 Å². The first-order valence-corrected chi connectivity index (χ1v) is 7.02. The van der Waals surface area contributed by atoms with Crippen LogP contribution in [0.2, 0.25) is 0 Å². The maximum atomic E-state index is 5.88. The van der Waals surface area contributed by atoms with Gasteiger partial charge in [-0.15, -0.1) is 0 Å². The number of hydrogen-bond donors (Lipinski definition) is 0. The third kappa shape index (κ3) is 5.87. The van der Waals surface area contributed by atoms with Gasteiger partial charge in [-0.1, -0.05) is 41.5 Å². The SMILES string of the molecule is CC(C)(C)CCCN1CCOC(C(C)(C)C)C1. The van der Waals surface area contributed by atoms with Gasteiger partial charge in [0.05, 0.1) is 12.7 Å². The van der Waals surface area contributed by atoms with Crippen molar-refractivity contribution in [3.05, 3.63) is 0 Å². The first kappa shape index (κ1) is 15.0. The number of hydrogen-bond acceptors (Lipinski definition) is 2. The average Bonchev–Trinajstić information content (AvgIpc) is 2.15. The molecule has 1 unspecified atom stereocenters. The molecule has 0 radical (unpaired) electrons. The molecule has 0 aromatic carbocycles. The normalized spacial score (nSPS) is 24.0. The molecule has 1 rings (SSSR count). The Kier molecular flexibility index (Phi) is 5.03. The summed E-state index contributed by atoms with van der Waals surface area (Å²) < 4.78 is 5.88. The lowest BCUT2D eigenvalue weighted by Crippen LogP contribution is -2.48. The summed E-state index contributed by atoms with van der Waals surface area (Å²) in [5.74, 6) is 0. The molecule has 1 aliphatic heterocycles. The number of rotatable bonds is 3. The molecule has 0 bridgehead atoms. The Morgan fingerprint density at radius 2 is 1.76 bits per heavy atom. The van der Waals surface area contributed by atoms with E-state index in [1.807, 2.05) is 0 Å². The van der Waals surface area contributed by atoms with E-state index in [0.29, 0.717) is 11.5 Å². The Labute approximate surface area is 108 Å². The first-order valence-electron chi connectivity index (χ1n) is 7.02. The molecule has 0 aliphatic carbocycles. The van der Waals surface area contributed by atoms with Gasteiger partial charge < -0.3 is 4.74 Å². The van der Waals surface area contributed by atoms with Crippen molar-refractivity contribution in [1.29, 1.82) is 0 Å². The van der Waals surface area contributed by atoms with Gasteiger partial charge in [0.2, 0.25) is 0 Å². The maximum Gasteiger partial charge on any atom is 0.0750 e. The Morgan fingerprint density at radius 3 is 2.29 bits per heavy atom. The van der Waals surface area contributed by atoms with E-state index < -0.39 is 0 Å². The minimum absolute atomic E-state index is 0.267. The van der Waals surface area contributed by atoms with Gasteiger partial charge in [0, 0.05) is 13.1 Å². The predicted molar refractivity (Wildman–Crippen MR) is 74.3 cm³/mol. The molecule has 2 nitrogen and oxygen atoms in total. The van der Waals surface area contributed by atoms with Gasteiger partial charge in [0.1, 0.15) is 0 Å². The molecule has 0 spiro atoms. The van der Waals surface area contributed by atoms with Crippen LogP contribution < -0.4 is 0 Å². The van der Waals surface area contributed by atoms with Crippen molar-refractivity contribution in [3.8, 4) is 0 Å². The summed E-state index contributed by atoms with van der Waals surface area (Å²) in [5.41, 5.74) is 0.735. The van der Waals surface area contributed by atoms with E-state index >= 15 is 0 Å². The molecule has 17 heavy (non-hydrogen) atoms. The first-order chi connectivity index (χ1) is 7.68. The summed E-state index contributed by atoms with van der Waals surface area (Å²) in [5, 5.41) is 0. The Bertz CT molecular complexity index is 224. The largest absolute Gasteiger partial charge is 0.375 e. The van der Waals surface area contributed by atoms with E-state index in [9.17, 15) is 0 Å². The lowest BCUT2D eigenvalue weighted by Gasteiger charge is -2.39. The maximum absolute atomic E-state index is 5.88. The zero-order valence-corrected chi connectivity index (χ0v) is 12.7. The van der Waals surface area contributed by atoms with Crippen molar-refractivity contribution < 1.29 is 4.74 Å². The zero-order valence-electron chi connectivity index (χ0n) is 12.7. The Hall–Kier alpha value is -0.0800. The summed E-state index contributed by atoms with van der Waals surface area (Å²) in [6.45, 7) is 18.1. The van der Waals surface area contributed by atoms with E-state index in [2.05, 4.69) is 46.4 Å². The predicted octanol–water partition coefficient (Wildman–Crippen LogP) is 3.56. The second-order valence-corrected chi connectivity index (χ2v) is 7.69. The van der Waals surface area contributed by atoms with Crippen LogP contribution in [0.3, 0.4) is 0 Å². The second-order valence-electron chi connectivity index (χ2n) is 7.69. The van der Waals surface area contributed by atoms with Crippen LogP contribution in [0.25, 0.3) is 0 Å². The van der Waals surface area contributed by atoms with Gasteiger partial charge in [0.25, 0.3) is 0 Å². The quantitative estimate of drug-likeness (QED) is 0.749. The minimum atomic E-state index is 0.267. The molecule has 0 aromatic rings. The molecule has 1 atom stereocenters. The van der Waals surface area contributed by atoms with Gasteiger partial charge in [-0.05, 0) is 30.2 Å². The van der Waals surface area contributed by atoms with Crippen LogP contribution in [-0.4, -0.2) is 37.2 Å². The lowest BCUT2D eigenvalue weighted by atomic mass is 9.87. The molecule has 2 heteroatoms. The molecule has 1 heterocycles. The summed E-state index contributed by atoms with van der Waals surface area (Å²) in [6.07, 6.45) is 3.01. The summed E-state index contributed by atoms with van der Waals surface area (Å²) in [7, 11) is 0. The van der Waals surface area contributed by atoms with Gasteiger partial charge >= 0.3 is 0 Å². The van der Waals surface area contributed by atoms with Crippen molar-refractivity contribution in [2.24, 2.45) is 10.8 Å². The van der Waals surface area contributed by atoms with Crippen molar-refractivity contribution in [2.75, 3.05) is 26.2 Å². The molecule has 1 aliphatic rings. The number of ether oxygens (including phenoxy) is 1. The molecule has 0 saturated carbocycles. The fourth-order valence-corrected chi connectivity index (χ4v) is 2.26. The third-order valence-electron chi connectivity index (χ3n) is 3.52. The fraction of sp³-hybridized carbons (Fsp3) is 1.00. The number of nitrogens with zero attached hydrogens (tertiary/aromatic N) is 1. The van der Waals surface area contributed by atoms with E-state index in [4.69, 9.17) is 4.74 Å². The van der Waals surface area contributed by atoms with Crippen LogP contribution in [0.5, 0.6) is 0 Å². The highest BCUT2D eigenvalue weighted by atomic mass is 16.5. The van der Waals surface area contributed by atoms with Crippen molar-refractivity contribution in [2.45, 2.75) is 60.5 Å².